The minimum absolute atomic E-state index is 0.244. The Kier molecular flexibility index (Phi) is 6.34. The second kappa shape index (κ2) is 9.32. The van der Waals surface area contributed by atoms with Crippen molar-refractivity contribution in [1.29, 1.82) is 0 Å². The Hall–Kier alpha value is -3.16. The summed E-state index contributed by atoms with van der Waals surface area (Å²) in [6, 6.07) is 15.5. The molecule has 2 heterocycles. The molecule has 4 aromatic rings. The molecule has 2 aromatic heterocycles. The minimum atomic E-state index is -0.244. The molecular weight excluding hydrogens is 432 g/mol. The molecule has 158 valence electrons. The van der Waals surface area contributed by atoms with Gasteiger partial charge in [-0.15, -0.1) is 16.4 Å². The van der Waals surface area contributed by atoms with E-state index in [2.05, 4.69) is 21.5 Å². The number of halogens is 1. The van der Waals surface area contributed by atoms with Gasteiger partial charge in [-0.3, -0.25) is 10.1 Å². The highest BCUT2D eigenvalue weighted by molar-refractivity contribution is 7.12. The van der Waals surface area contributed by atoms with Crippen molar-refractivity contribution >= 4 is 34.8 Å². The van der Waals surface area contributed by atoms with Crippen LogP contribution in [0.3, 0.4) is 0 Å². The van der Waals surface area contributed by atoms with Gasteiger partial charge in [0.15, 0.2) is 0 Å². The molecule has 6 nitrogen and oxygen atoms in total. The Bertz CT molecular complexity index is 1220. The van der Waals surface area contributed by atoms with Crippen molar-refractivity contribution in [3.8, 4) is 5.75 Å². The molecular formula is C23H21ClN4O2S. The molecule has 0 unspecified atom stereocenters. The van der Waals surface area contributed by atoms with E-state index in [4.69, 9.17) is 16.3 Å². The number of aryl methyl sites for hydroxylation is 2. The SMILES string of the molecule is Cc1cccc(Cn2cnc(NC(=O)c3cc(COc4ccc(Cl)c(C)c4)cs3)n2)c1. The number of anilines is 1. The fourth-order valence-corrected chi connectivity index (χ4v) is 3.94. The Morgan fingerprint density at radius 3 is 2.84 bits per heavy atom. The van der Waals surface area contributed by atoms with E-state index in [1.54, 1.807) is 11.0 Å². The summed E-state index contributed by atoms with van der Waals surface area (Å²) >= 11 is 7.39. The molecule has 4 rings (SSSR count). The van der Waals surface area contributed by atoms with Gasteiger partial charge < -0.3 is 4.74 Å². The monoisotopic (exact) mass is 452 g/mol. The summed E-state index contributed by atoms with van der Waals surface area (Å²) in [6.45, 7) is 4.94. The summed E-state index contributed by atoms with van der Waals surface area (Å²) < 4.78 is 7.50. The van der Waals surface area contributed by atoms with Crippen LogP contribution in [-0.4, -0.2) is 20.7 Å². The van der Waals surface area contributed by atoms with Crippen LogP contribution in [0.4, 0.5) is 5.95 Å². The number of carbonyl (C=O) groups excluding carboxylic acids is 1. The lowest BCUT2D eigenvalue weighted by Crippen LogP contribution is -2.12. The predicted molar refractivity (Wildman–Crippen MR) is 123 cm³/mol. The zero-order chi connectivity index (χ0) is 21.8. The van der Waals surface area contributed by atoms with Gasteiger partial charge in [0.2, 0.25) is 5.95 Å². The maximum atomic E-state index is 12.6. The van der Waals surface area contributed by atoms with Crippen LogP contribution in [0.5, 0.6) is 5.75 Å². The first-order valence-electron chi connectivity index (χ1n) is 9.69. The van der Waals surface area contributed by atoms with E-state index >= 15 is 0 Å². The van der Waals surface area contributed by atoms with Crippen LogP contribution in [0.15, 0.2) is 60.2 Å². The number of hydrogen-bond donors (Lipinski definition) is 1. The van der Waals surface area contributed by atoms with Crippen molar-refractivity contribution in [2.75, 3.05) is 5.32 Å². The molecule has 0 atom stereocenters. The predicted octanol–water partition coefficient (Wildman–Crippen LogP) is 5.49. The quantitative estimate of drug-likeness (QED) is 0.402. The van der Waals surface area contributed by atoms with E-state index in [0.717, 1.165) is 22.4 Å². The number of benzene rings is 2. The number of hydrogen-bond acceptors (Lipinski definition) is 5. The van der Waals surface area contributed by atoms with Crippen LogP contribution < -0.4 is 10.1 Å². The molecule has 0 saturated heterocycles. The molecule has 0 aliphatic rings. The number of rotatable bonds is 7. The van der Waals surface area contributed by atoms with Crippen molar-refractivity contribution in [3.63, 3.8) is 0 Å². The van der Waals surface area contributed by atoms with E-state index < -0.39 is 0 Å². The van der Waals surface area contributed by atoms with E-state index in [9.17, 15) is 4.79 Å². The highest BCUT2D eigenvalue weighted by Crippen LogP contribution is 2.23. The van der Waals surface area contributed by atoms with Gasteiger partial charge in [-0.1, -0.05) is 41.4 Å². The zero-order valence-electron chi connectivity index (χ0n) is 17.1. The van der Waals surface area contributed by atoms with Crippen molar-refractivity contribution in [1.82, 2.24) is 14.8 Å². The minimum Gasteiger partial charge on any atom is -0.489 e. The van der Waals surface area contributed by atoms with E-state index in [1.165, 1.54) is 16.9 Å². The molecule has 0 radical (unpaired) electrons. The summed E-state index contributed by atoms with van der Waals surface area (Å²) in [4.78, 5) is 17.3. The molecule has 1 N–H and O–H groups in total. The van der Waals surface area contributed by atoms with Crippen LogP contribution >= 0.6 is 22.9 Å². The van der Waals surface area contributed by atoms with Crippen molar-refractivity contribution in [2.45, 2.75) is 27.0 Å². The van der Waals surface area contributed by atoms with Crippen LogP contribution in [0, 0.1) is 13.8 Å². The third-order valence-electron chi connectivity index (χ3n) is 4.60. The van der Waals surface area contributed by atoms with Crippen molar-refractivity contribution in [2.24, 2.45) is 0 Å². The maximum Gasteiger partial charge on any atom is 0.268 e. The van der Waals surface area contributed by atoms with Gasteiger partial charge in [0, 0.05) is 10.6 Å². The molecule has 0 aliphatic heterocycles. The Balaban J connectivity index is 1.33. The molecule has 31 heavy (non-hydrogen) atoms. The normalized spacial score (nSPS) is 10.8. The maximum absolute atomic E-state index is 12.6. The molecule has 0 bridgehead atoms. The van der Waals surface area contributed by atoms with Crippen molar-refractivity contribution in [3.05, 3.63) is 92.4 Å². The number of amides is 1. The third-order valence-corrected chi connectivity index (χ3v) is 6.00. The first-order valence-corrected chi connectivity index (χ1v) is 10.9. The molecule has 1 amide bonds. The summed E-state index contributed by atoms with van der Waals surface area (Å²) in [5.41, 5.74) is 4.19. The third kappa shape index (κ3) is 5.51. The van der Waals surface area contributed by atoms with Gasteiger partial charge in [-0.05, 0) is 54.6 Å². The zero-order valence-corrected chi connectivity index (χ0v) is 18.7. The van der Waals surface area contributed by atoms with Gasteiger partial charge in [0.1, 0.15) is 18.7 Å². The van der Waals surface area contributed by atoms with Gasteiger partial charge in [-0.25, -0.2) is 9.67 Å². The number of thiophene rings is 1. The molecule has 8 heteroatoms. The Labute approximate surface area is 189 Å². The van der Waals surface area contributed by atoms with Gasteiger partial charge >= 0.3 is 0 Å². The van der Waals surface area contributed by atoms with Gasteiger partial charge in [0.05, 0.1) is 11.4 Å². The molecule has 0 spiro atoms. The Morgan fingerprint density at radius 2 is 2.03 bits per heavy atom. The van der Waals surface area contributed by atoms with Crippen LogP contribution in [-0.2, 0) is 13.2 Å². The summed E-state index contributed by atoms with van der Waals surface area (Å²) in [6.07, 6.45) is 1.61. The number of nitrogens with one attached hydrogen (secondary N) is 1. The number of aromatic nitrogens is 3. The molecule has 0 aliphatic carbocycles. The standard InChI is InChI=1S/C23H21ClN4O2S/c1-15-4-3-5-17(8-15)11-28-14-25-23(27-28)26-22(29)21-10-18(13-31-21)12-30-19-6-7-20(24)16(2)9-19/h3-10,13-14H,11-12H2,1-2H3,(H,26,27,29). The summed E-state index contributed by atoms with van der Waals surface area (Å²) in [5, 5.41) is 9.70. The largest absolute Gasteiger partial charge is 0.489 e. The Morgan fingerprint density at radius 1 is 1.16 bits per heavy atom. The van der Waals surface area contributed by atoms with E-state index in [0.29, 0.717) is 23.1 Å². The second-order valence-electron chi connectivity index (χ2n) is 7.23. The first kappa shape index (κ1) is 21.1. The average Bonchev–Trinajstić information content (AvgIpc) is 3.38. The summed E-state index contributed by atoms with van der Waals surface area (Å²) in [7, 11) is 0. The van der Waals surface area contributed by atoms with Crippen LogP contribution in [0.2, 0.25) is 5.02 Å². The highest BCUT2D eigenvalue weighted by Gasteiger charge is 2.12. The topological polar surface area (TPSA) is 69.0 Å². The first-order chi connectivity index (χ1) is 15.0. The smallest absolute Gasteiger partial charge is 0.268 e. The fourth-order valence-electron chi connectivity index (χ4n) is 3.03. The van der Waals surface area contributed by atoms with Crippen LogP contribution in [0.25, 0.3) is 0 Å². The lowest BCUT2D eigenvalue weighted by Gasteiger charge is -2.06. The van der Waals surface area contributed by atoms with E-state index in [-0.39, 0.29) is 11.9 Å². The van der Waals surface area contributed by atoms with Gasteiger partial charge in [0.25, 0.3) is 5.91 Å². The molecule has 2 aromatic carbocycles. The number of ether oxygens (including phenoxy) is 1. The van der Waals surface area contributed by atoms with Crippen LogP contribution in [0.1, 0.15) is 31.9 Å². The average molecular weight is 453 g/mol. The van der Waals surface area contributed by atoms with Gasteiger partial charge in [-0.2, -0.15) is 0 Å². The molecule has 0 fully saturated rings. The van der Waals surface area contributed by atoms with E-state index in [1.807, 2.05) is 61.7 Å². The lowest BCUT2D eigenvalue weighted by atomic mass is 10.1. The summed E-state index contributed by atoms with van der Waals surface area (Å²) in [5.74, 6) is 0.773. The molecule has 0 saturated carbocycles. The number of nitrogens with zero attached hydrogens (tertiary/aromatic N) is 3. The highest BCUT2D eigenvalue weighted by atomic mass is 35.5. The fraction of sp³-hybridized carbons (Fsp3) is 0.174. The van der Waals surface area contributed by atoms with Crippen molar-refractivity contribution < 1.29 is 9.53 Å². The second-order valence-corrected chi connectivity index (χ2v) is 8.55. The number of carbonyl (C=O) groups is 1. The lowest BCUT2D eigenvalue weighted by molar-refractivity contribution is 0.102.